The molecule has 1 amide bonds. The van der Waals surface area contributed by atoms with E-state index < -0.39 is 14.9 Å². The van der Waals surface area contributed by atoms with Crippen molar-refractivity contribution in [2.24, 2.45) is 0 Å². The summed E-state index contributed by atoms with van der Waals surface area (Å²) in [5, 5.41) is 18.9. The quantitative estimate of drug-likeness (QED) is 0.195. The van der Waals surface area contributed by atoms with E-state index in [2.05, 4.69) is 16.0 Å². The van der Waals surface area contributed by atoms with E-state index in [1.165, 1.54) is 25.3 Å². The Morgan fingerprint density at radius 3 is 2.54 bits per heavy atom. The molecule has 0 saturated carbocycles. The van der Waals surface area contributed by atoms with Gasteiger partial charge in [-0.1, -0.05) is 41.7 Å². The maximum absolute atomic E-state index is 11.8. The Labute approximate surface area is 170 Å². The maximum Gasteiger partial charge on any atom is 0.296 e. The lowest BCUT2D eigenvalue weighted by Crippen LogP contribution is -2.56. The number of thiocarbonyl (C=S) groups is 1. The number of amides is 1. The van der Waals surface area contributed by atoms with Crippen molar-refractivity contribution in [1.29, 1.82) is 0 Å². The number of hydrogen-bond donors (Lipinski definition) is 3. The van der Waals surface area contributed by atoms with Crippen molar-refractivity contribution in [1.82, 2.24) is 10.6 Å². The van der Waals surface area contributed by atoms with Gasteiger partial charge in [0.15, 0.2) is 5.11 Å². The Morgan fingerprint density at radius 1 is 1.38 bits per heavy atom. The van der Waals surface area contributed by atoms with Crippen LogP contribution in [0.1, 0.15) is 19.8 Å². The number of methoxy groups -OCH3 is 1. The molecule has 1 aromatic rings. The summed E-state index contributed by atoms with van der Waals surface area (Å²) in [6.45, 7) is 1.83. The summed E-state index contributed by atoms with van der Waals surface area (Å²) < 4.78 is 3.06. The fourth-order valence-corrected chi connectivity index (χ4v) is 2.40. The number of carbonyl (C=O) groups is 1. The summed E-state index contributed by atoms with van der Waals surface area (Å²) in [4.78, 5) is 22.4. The topological polar surface area (TPSA) is 106 Å². The Bertz CT molecular complexity index is 685. The summed E-state index contributed by atoms with van der Waals surface area (Å²) >= 11 is 22.7. The average molecular weight is 444 g/mol. The number of alkyl halides is 3. The SMILES string of the molecule is CCCC(=O)N[C@@H](NC(=S)Nc1ccc(OC)cc1[N+](=O)[O-])C(Cl)(Cl)Cl. The molecule has 0 radical (unpaired) electrons. The van der Waals surface area contributed by atoms with Crippen molar-refractivity contribution in [3.63, 3.8) is 0 Å². The first-order chi connectivity index (χ1) is 12.1. The van der Waals surface area contributed by atoms with Gasteiger partial charge in [-0.15, -0.1) is 0 Å². The molecule has 0 fully saturated rings. The second-order valence-corrected chi connectivity index (χ2v) is 7.81. The fraction of sp³-hybridized carbons (Fsp3) is 0.429. The van der Waals surface area contributed by atoms with Crippen LogP contribution in [0, 0.1) is 10.1 Å². The van der Waals surface area contributed by atoms with E-state index in [9.17, 15) is 14.9 Å². The van der Waals surface area contributed by atoms with Crippen LogP contribution >= 0.6 is 47.0 Å². The van der Waals surface area contributed by atoms with Gasteiger partial charge < -0.3 is 20.7 Å². The van der Waals surface area contributed by atoms with Crippen LogP contribution in [0.3, 0.4) is 0 Å². The van der Waals surface area contributed by atoms with Crippen molar-refractivity contribution < 1.29 is 14.5 Å². The third kappa shape index (κ3) is 6.99. The predicted molar refractivity (Wildman–Crippen MR) is 106 cm³/mol. The predicted octanol–water partition coefficient (Wildman–Crippen LogP) is 3.50. The van der Waals surface area contributed by atoms with Crippen LogP contribution in [0.2, 0.25) is 0 Å². The second-order valence-electron chi connectivity index (χ2n) is 5.03. The van der Waals surface area contributed by atoms with E-state index >= 15 is 0 Å². The highest BCUT2D eigenvalue weighted by Gasteiger charge is 2.34. The van der Waals surface area contributed by atoms with Crippen LogP contribution in [0.4, 0.5) is 11.4 Å². The molecule has 8 nitrogen and oxygen atoms in total. The number of halogens is 3. The first kappa shape index (κ1) is 22.5. The van der Waals surface area contributed by atoms with Crippen molar-refractivity contribution >= 4 is 69.4 Å². The van der Waals surface area contributed by atoms with Gasteiger partial charge in [0, 0.05) is 6.42 Å². The molecule has 0 spiro atoms. The summed E-state index contributed by atoms with van der Waals surface area (Å²) in [5.74, 6) is -0.0262. The number of ether oxygens (including phenoxy) is 1. The van der Waals surface area contributed by atoms with Gasteiger partial charge in [-0.25, -0.2) is 0 Å². The van der Waals surface area contributed by atoms with Crippen LogP contribution in [0.15, 0.2) is 18.2 Å². The van der Waals surface area contributed by atoms with Crippen molar-refractivity contribution in [2.75, 3.05) is 12.4 Å². The third-order valence-corrected chi connectivity index (χ3v) is 3.91. The van der Waals surface area contributed by atoms with Crippen LogP contribution in [0.25, 0.3) is 0 Å². The molecule has 1 aromatic carbocycles. The van der Waals surface area contributed by atoms with E-state index in [0.29, 0.717) is 12.2 Å². The molecule has 26 heavy (non-hydrogen) atoms. The normalized spacial score (nSPS) is 12.0. The van der Waals surface area contributed by atoms with Gasteiger partial charge in [-0.05, 0) is 30.8 Å². The zero-order chi connectivity index (χ0) is 19.9. The van der Waals surface area contributed by atoms with Crippen molar-refractivity contribution in [3.05, 3.63) is 28.3 Å². The number of benzene rings is 1. The van der Waals surface area contributed by atoms with E-state index in [0.717, 1.165) is 0 Å². The molecular weight excluding hydrogens is 427 g/mol. The number of nitrogens with zero attached hydrogens (tertiary/aromatic N) is 1. The number of nitrogens with one attached hydrogen (secondary N) is 3. The molecule has 0 aromatic heterocycles. The maximum atomic E-state index is 11.8. The highest BCUT2D eigenvalue weighted by molar-refractivity contribution is 7.80. The molecule has 1 rings (SSSR count). The Hall–Kier alpha value is -1.55. The highest BCUT2D eigenvalue weighted by atomic mass is 35.6. The summed E-state index contributed by atoms with van der Waals surface area (Å²) in [6.07, 6.45) is -0.286. The molecule has 3 N–H and O–H groups in total. The Kier molecular flexibility index (Phi) is 8.61. The summed E-state index contributed by atoms with van der Waals surface area (Å²) in [5.41, 5.74) is -0.148. The van der Waals surface area contributed by atoms with E-state index in [1.807, 2.05) is 6.92 Å². The molecule has 0 unspecified atom stereocenters. The number of nitro groups is 1. The van der Waals surface area contributed by atoms with Gasteiger partial charge in [0.1, 0.15) is 17.6 Å². The van der Waals surface area contributed by atoms with Gasteiger partial charge in [0.05, 0.1) is 18.1 Å². The van der Waals surface area contributed by atoms with Crippen LogP contribution in [-0.4, -0.2) is 33.0 Å². The standard InChI is InChI=1S/C14H17Cl3N4O4S/c1-3-4-11(22)19-12(14(15,16)17)20-13(26)18-9-6-5-8(25-2)7-10(9)21(23)24/h5-7,12H,3-4H2,1-2H3,(H,19,22)(H2,18,20,26)/t12-/m0/s1. The van der Waals surface area contributed by atoms with E-state index in [-0.39, 0.29) is 28.8 Å². The molecule has 0 aliphatic heterocycles. The van der Waals surface area contributed by atoms with Gasteiger partial charge in [0.2, 0.25) is 9.70 Å². The largest absolute Gasteiger partial charge is 0.496 e. The van der Waals surface area contributed by atoms with Gasteiger partial charge in [-0.2, -0.15) is 0 Å². The third-order valence-electron chi connectivity index (χ3n) is 3.03. The molecule has 144 valence electrons. The lowest BCUT2D eigenvalue weighted by atomic mass is 10.2. The molecule has 1 atom stereocenters. The fourth-order valence-electron chi connectivity index (χ4n) is 1.84. The molecule has 0 aliphatic rings. The zero-order valence-electron chi connectivity index (χ0n) is 13.8. The molecule has 0 bridgehead atoms. The lowest BCUT2D eigenvalue weighted by Gasteiger charge is -2.27. The minimum absolute atomic E-state index is 0.0774. The van der Waals surface area contributed by atoms with Crippen molar-refractivity contribution in [2.45, 2.75) is 29.7 Å². The van der Waals surface area contributed by atoms with Gasteiger partial charge in [0.25, 0.3) is 5.69 Å². The molecule has 12 heteroatoms. The first-order valence-corrected chi connectivity index (χ1v) is 8.88. The van der Waals surface area contributed by atoms with Crippen LogP contribution < -0.4 is 20.7 Å². The van der Waals surface area contributed by atoms with E-state index in [4.69, 9.17) is 51.8 Å². The molecular formula is C14H17Cl3N4O4S. The summed E-state index contributed by atoms with van der Waals surface area (Å²) in [6, 6.07) is 4.18. The lowest BCUT2D eigenvalue weighted by molar-refractivity contribution is -0.384. The molecule has 0 saturated heterocycles. The highest BCUT2D eigenvalue weighted by Crippen LogP contribution is 2.31. The van der Waals surface area contributed by atoms with Crippen molar-refractivity contribution in [3.8, 4) is 5.75 Å². The number of carbonyl (C=O) groups excluding carboxylic acids is 1. The zero-order valence-corrected chi connectivity index (χ0v) is 16.9. The van der Waals surface area contributed by atoms with Gasteiger partial charge in [-0.3, -0.25) is 14.9 Å². The number of rotatable bonds is 7. The smallest absolute Gasteiger partial charge is 0.296 e. The van der Waals surface area contributed by atoms with E-state index in [1.54, 1.807) is 0 Å². The first-order valence-electron chi connectivity index (χ1n) is 7.34. The minimum atomic E-state index is -1.90. The average Bonchev–Trinajstić information content (AvgIpc) is 2.53. The summed E-state index contributed by atoms with van der Waals surface area (Å²) in [7, 11) is 1.39. The number of anilines is 1. The Morgan fingerprint density at radius 2 is 2.04 bits per heavy atom. The number of hydrogen-bond acceptors (Lipinski definition) is 5. The second kappa shape index (κ2) is 9.96. The van der Waals surface area contributed by atoms with Gasteiger partial charge >= 0.3 is 0 Å². The van der Waals surface area contributed by atoms with Crippen LogP contribution in [-0.2, 0) is 4.79 Å². The Balaban J connectivity index is 2.91. The number of nitro benzene ring substituents is 1. The monoisotopic (exact) mass is 442 g/mol. The minimum Gasteiger partial charge on any atom is -0.496 e. The molecule has 0 heterocycles. The van der Waals surface area contributed by atoms with Crippen LogP contribution in [0.5, 0.6) is 5.75 Å². The molecule has 0 aliphatic carbocycles.